The van der Waals surface area contributed by atoms with Crippen LogP contribution in [0.15, 0.2) is 29.4 Å². The maximum Gasteiger partial charge on any atom is 0.311 e. The topological polar surface area (TPSA) is 111 Å². The summed E-state index contributed by atoms with van der Waals surface area (Å²) in [5.41, 5.74) is 0.0178. The molecule has 0 spiro atoms. The van der Waals surface area contributed by atoms with Crippen LogP contribution in [-0.4, -0.2) is 42.2 Å². The Hall–Kier alpha value is -3.23. The van der Waals surface area contributed by atoms with Crippen LogP contribution in [0.3, 0.4) is 0 Å². The van der Waals surface area contributed by atoms with Crippen LogP contribution in [-0.2, 0) is 9.59 Å². The van der Waals surface area contributed by atoms with Crippen LogP contribution in [0.4, 0.5) is 5.69 Å². The average Bonchev–Trinajstić information content (AvgIpc) is 3.50. The molecule has 9 heteroatoms. The van der Waals surface area contributed by atoms with Crippen LogP contribution in [0.5, 0.6) is 11.5 Å². The lowest BCUT2D eigenvalue weighted by Gasteiger charge is -2.37. The molecule has 2 saturated carbocycles. The average molecular weight is 397 g/mol. The molecule has 1 aromatic rings. The number of hydrogen-bond donors (Lipinski definition) is 0. The number of benzene rings is 1. The highest BCUT2D eigenvalue weighted by atomic mass is 16.6. The Balaban J connectivity index is 1.47. The Morgan fingerprint density at radius 3 is 2.17 bits per heavy atom. The summed E-state index contributed by atoms with van der Waals surface area (Å²) < 4.78 is 10.3. The summed E-state index contributed by atoms with van der Waals surface area (Å²) in [6.45, 7) is 0. The molecule has 3 fully saturated rings. The molecule has 1 aromatic carbocycles. The van der Waals surface area contributed by atoms with Crippen LogP contribution < -0.4 is 9.47 Å². The Bertz CT molecular complexity index is 966. The van der Waals surface area contributed by atoms with Gasteiger partial charge in [-0.15, -0.1) is 0 Å². The number of nitrogens with zero attached hydrogens (tertiary/aromatic N) is 3. The fourth-order valence-electron chi connectivity index (χ4n) is 5.32. The zero-order chi connectivity index (χ0) is 20.4. The van der Waals surface area contributed by atoms with Gasteiger partial charge in [0.15, 0.2) is 0 Å². The molecule has 1 saturated heterocycles. The van der Waals surface area contributed by atoms with Gasteiger partial charge in [-0.1, -0.05) is 12.2 Å². The standard InChI is InChI=1S/C20H19N3O6/c1-28-15-7-16(29-2)14(23(26)27)5-9(15)8-21-22-19(24)17-10-3-4-11(13-6-12(10)13)18(17)20(22)25/h3-5,7-8,10-13,17-18H,6H2,1-2H3/b21-8-/t10-,11-,12-,13-,17-,18+/m1/s1. The van der Waals surface area contributed by atoms with E-state index in [-0.39, 0.29) is 58.2 Å². The lowest BCUT2D eigenvalue weighted by atomic mass is 9.63. The third-order valence-electron chi connectivity index (χ3n) is 6.68. The van der Waals surface area contributed by atoms with Crippen molar-refractivity contribution in [2.45, 2.75) is 6.42 Å². The minimum atomic E-state index is -0.577. The maximum atomic E-state index is 13.0. The molecule has 6 atom stereocenters. The first-order chi connectivity index (χ1) is 14.0. The van der Waals surface area contributed by atoms with Crippen LogP contribution in [0.1, 0.15) is 12.0 Å². The van der Waals surface area contributed by atoms with E-state index in [4.69, 9.17) is 9.47 Å². The van der Waals surface area contributed by atoms with Gasteiger partial charge in [0, 0.05) is 17.7 Å². The van der Waals surface area contributed by atoms with E-state index in [0.717, 1.165) is 11.4 Å². The summed E-state index contributed by atoms with van der Waals surface area (Å²) in [4.78, 5) is 36.6. The molecule has 1 heterocycles. The minimum Gasteiger partial charge on any atom is -0.496 e. The zero-order valence-electron chi connectivity index (χ0n) is 15.8. The molecule has 150 valence electrons. The van der Waals surface area contributed by atoms with Gasteiger partial charge < -0.3 is 9.47 Å². The number of carbonyl (C=O) groups is 2. The summed E-state index contributed by atoms with van der Waals surface area (Å²) in [6, 6.07) is 2.63. The van der Waals surface area contributed by atoms with Crippen molar-refractivity contribution in [2.75, 3.05) is 14.2 Å². The third-order valence-corrected chi connectivity index (χ3v) is 6.68. The number of carbonyl (C=O) groups excluding carboxylic acids is 2. The van der Waals surface area contributed by atoms with Crippen LogP contribution >= 0.6 is 0 Å². The van der Waals surface area contributed by atoms with Crippen molar-refractivity contribution in [2.24, 2.45) is 40.6 Å². The van der Waals surface area contributed by atoms with Crippen molar-refractivity contribution in [3.8, 4) is 11.5 Å². The van der Waals surface area contributed by atoms with Crippen molar-refractivity contribution in [1.29, 1.82) is 0 Å². The van der Waals surface area contributed by atoms with E-state index in [0.29, 0.717) is 11.8 Å². The third kappa shape index (κ3) is 2.43. The van der Waals surface area contributed by atoms with Gasteiger partial charge in [0.25, 0.3) is 11.8 Å². The summed E-state index contributed by atoms with van der Waals surface area (Å²) in [5, 5.41) is 16.3. The maximum absolute atomic E-state index is 13.0. The molecule has 0 unspecified atom stereocenters. The lowest BCUT2D eigenvalue weighted by Crippen LogP contribution is -2.40. The number of amides is 2. The molecule has 29 heavy (non-hydrogen) atoms. The predicted octanol–water partition coefficient (Wildman–Crippen LogP) is 2.00. The van der Waals surface area contributed by atoms with Crippen molar-refractivity contribution < 1.29 is 24.0 Å². The number of ether oxygens (including phenoxy) is 2. The zero-order valence-corrected chi connectivity index (χ0v) is 15.8. The van der Waals surface area contributed by atoms with Crippen molar-refractivity contribution in [1.82, 2.24) is 5.01 Å². The quantitative estimate of drug-likeness (QED) is 0.247. The van der Waals surface area contributed by atoms with Gasteiger partial charge >= 0.3 is 5.69 Å². The first kappa shape index (κ1) is 17.8. The molecule has 1 aliphatic heterocycles. The molecule has 0 N–H and O–H groups in total. The monoisotopic (exact) mass is 397 g/mol. The fourth-order valence-corrected chi connectivity index (χ4v) is 5.32. The summed E-state index contributed by atoms with van der Waals surface area (Å²) in [7, 11) is 2.74. The number of hydrazone groups is 1. The first-order valence-electron chi connectivity index (χ1n) is 9.46. The van der Waals surface area contributed by atoms with Crippen LogP contribution in [0.25, 0.3) is 0 Å². The minimum absolute atomic E-state index is 0.0465. The smallest absolute Gasteiger partial charge is 0.311 e. The van der Waals surface area contributed by atoms with E-state index in [1.165, 1.54) is 32.6 Å². The van der Waals surface area contributed by atoms with E-state index >= 15 is 0 Å². The number of methoxy groups -OCH3 is 2. The Kier molecular flexibility index (Phi) is 3.77. The molecule has 5 aliphatic rings. The summed E-state index contributed by atoms with van der Waals surface area (Å²) in [6.07, 6.45) is 6.53. The predicted molar refractivity (Wildman–Crippen MR) is 100 cm³/mol. The second-order valence-electron chi connectivity index (χ2n) is 7.91. The Morgan fingerprint density at radius 1 is 1.07 bits per heavy atom. The van der Waals surface area contributed by atoms with Gasteiger partial charge in [-0.25, -0.2) is 0 Å². The van der Waals surface area contributed by atoms with Gasteiger partial charge in [-0.05, 0) is 30.1 Å². The SMILES string of the molecule is COc1cc(OC)c([N+](=O)[O-])cc1/C=N\N1C(=O)[C@@H]2[C@@H]3C=C[C@H]([C@H]4C[C@H]34)[C@@H]2C1=O. The van der Waals surface area contributed by atoms with Crippen molar-refractivity contribution >= 4 is 23.7 Å². The van der Waals surface area contributed by atoms with Crippen molar-refractivity contribution in [3.05, 3.63) is 40.0 Å². The number of hydrogen-bond acceptors (Lipinski definition) is 7. The fraction of sp³-hybridized carbons (Fsp3) is 0.450. The number of imide groups is 1. The summed E-state index contributed by atoms with van der Waals surface area (Å²) >= 11 is 0. The molecule has 0 radical (unpaired) electrons. The number of allylic oxidation sites excluding steroid dienone is 2. The highest BCUT2D eigenvalue weighted by Crippen LogP contribution is 2.65. The highest BCUT2D eigenvalue weighted by molar-refractivity contribution is 6.06. The molecule has 2 amide bonds. The molecular weight excluding hydrogens is 378 g/mol. The van der Waals surface area contributed by atoms with Gasteiger partial charge in [-0.2, -0.15) is 10.1 Å². The van der Waals surface area contributed by atoms with E-state index < -0.39 is 4.92 Å². The first-order valence-corrected chi connectivity index (χ1v) is 9.46. The normalized spacial score (nSPS) is 33.8. The van der Waals surface area contributed by atoms with E-state index in [1.807, 2.05) is 0 Å². The van der Waals surface area contributed by atoms with Crippen LogP contribution in [0.2, 0.25) is 0 Å². The number of nitro groups is 1. The van der Waals surface area contributed by atoms with E-state index in [2.05, 4.69) is 17.3 Å². The summed E-state index contributed by atoms with van der Waals surface area (Å²) in [5.74, 6) is 0.321. The molecule has 9 nitrogen and oxygen atoms in total. The molecule has 6 rings (SSSR count). The van der Waals surface area contributed by atoms with E-state index in [1.54, 1.807) is 0 Å². The second-order valence-corrected chi connectivity index (χ2v) is 7.91. The van der Waals surface area contributed by atoms with Crippen molar-refractivity contribution in [3.63, 3.8) is 0 Å². The Labute approximate surface area is 166 Å². The van der Waals surface area contributed by atoms with Gasteiger partial charge in [0.1, 0.15) is 5.75 Å². The van der Waals surface area contributed by atoms with E-state index in [9.17, 15) is 19.7 Å². The van der Waals surface area contributed by atoms with Gasteiger partial charge in [0.2, 0.25) is 5.75 Å². The molecule has 0 aromatic heterocycles. The molecule has 4 aliphatic carbocycles. The largest absolute Gasteiger partial charge is 0.496 e. The number of rotatable bonds is 5. The lowest BCUT2D eigenvalue weighted by molar-refractivity contribution is -0.385. The van der Waals surface area contributed by atoms with Gasteiger partial charge in [0.05, 0.1) is 37.2 Å². The Morgan fingerprint density at radius 2 is 1.66 bits per heavy atom. The van der Waals surface area contributed by atoms with Gasteiger partial charge in [-0.3, -0.25) is 19.7 Å². The molecular formula is C20H19N3O6. The van der Waals surface area contributed by atoms with Crippen LogP contribution in [0, 0.1) is 45.6 Å². The second kappa shape index (κ2) is 6.13. The number of nitro benzene ring substituents is 1. The highest BCUT2D eigenvalue weighted by Gasteiger charge is 2.67. The molecule has 2 bridgehead atoms.